The molecule has 3 N–H and O–H groups in total. The van der Waals surface area contributed by atoms with E-state index in [1.54, 1.807) is 12.1 Å². The molecule has 0 aliphatic carbocycles. The van der Waals surface area contributed by atoms with E-state index >= 15 is 0 Å². The molecule has 33 heavy (non-hydrogen) atoms. The summed E-state index contributed by atoms with van der Waals surface area (Å²) in [4.78, 5) is 21.3. The molecule has 0 fully saturated rings. The highest BCUT2D eigenvalue weighted by Gasteiger charge is 2.11. The number of aryl methyl sites for hydroxylation is 2. The monoisotopic (exact) mass is 461 g/mol. The Kier molecular flexibility index (Phi) is 6.51. The van der Waals surface area contributed by atoms with Gasteiger partial charge in [-0.15, -0.1) is 0 Å². The molecular formula is C25H21ClFN5O. The lowest BCUT2D eigenvalue weighted by molar-refractivity contribution is 0.102. The van der Waals surface area contributed by atoms with Crippen molar-refractivity contribution in [3.8, 4) is 0 Å². The number of aromatic nitrogens is 2. The summed E-state index contributed by atoms with van der Waals surface area (Å²) < 4.78 is 13.2. The zero-order valence-electron chi connectivity index (χ0n) is 18.0. The SMILES string of the molecule is Cc1ccc(Nc2cc(Nc3ccc(NC(=O)c4ccc(F)cc4Cl)cc3)nc(C)n2)cc1. The summed E-state index contributed by atoms with van der Waals surface area (Å²) in [5.41, 5.74) is 3.68. The molecule has 166 valence electrons. The van der Waals surface area contributed by atoms with E-state index < -0.39 is 11.7 Å². The van der Waals surface area contributed by atoms with Crippen LogP contribution >= 0.6 is 11.6 Å². The minimum Gasteiger partial charge on any atom is -0.340 e. The van der Waals surface area contributed by atoms with E-state index in [9.17, 15) is 9.18 Å². The molecular weight excluding hydrogens is 441 g/mol. The topological polar surface area (TPSA) is 78.9 Å². The molecule has 4 rings (SSSR count). The van der Waals surface area contributed by atoms with Gasteiger partial charge in [-0.1, -0.05) is 29.3 Å². The van der Waals surface area contributed by atoms with Crippen molar-refractivity contribution in [2.75, 3.05) is 16.0 Å². The highest BCUT2D eigenvalue weighted by atomic mass is 35.5. The summed E-state index contributed by atoms with van der Waals surface area (Å²) in [6, 6.07) is 20.6. The molecule has 8 heteroatoms. The minimum absolute atomic E-state index is 0.0555. The Bertz CT molecular complexity index is 1290. The third kappa shape index (κ3) is 5.84. The van der Waals surface area contributed by atoms with Crippen molar-refractivity contribution < 1.29 is 9.18 Å². The predicted octanol–water partition coefficient (Wildman–Crippen LogP) is 6.63. The third-order valence-corrected chi connectivity index (χ3v) is 5.07. The van der Waals surface area contributed by atoms with Gasteiger partial charge in [0.1, 0.15) is 23.3 Å². The van der Waals surface area contributed by atoms with Crippen LogP contribution in [0.3, 0.4) is 0 Å². The minimum atomic E-state index is -0.496. The molecule has 1 aromatic heterocycles. The van der Waals surface area contributed by atoms with Gasteiger partial charge in [-0.2, -0.15) is 0 Å². The molecule has 1 amide bonds. The van der Waals surface area contributed by atoms with Crippen molar-refractivity contribution in [3.63, 3.8) is 0 Å². The first-order valence-corrected chi connectivity index (χ1v) is 10.6. The zero-order chi connectivity index (χ0) is 23.4. The number of halogens is 2. The maximum atomic E-state index is 13.2. The summed E-state index contributed by atoms with van der Waals surface area (Å²) in [5, 5.41) is 9.33. The van der Waals surface area contributed by atoms with Gasteiger partial charge in [-0.3, -0.25) is 4.79 Å². The van der Waals surface area contributed by atoms with Crippen LogP contribution in [0.15, 0.2) is 72.8 Å². The van der Waals surface area contributed by atoms with Gasteiger partial charge >= 0.3 is 0 Å². The summed E-state index contributed by atoms with van der Waals surface area (Å²) in [6.07, 6.45) is 0. The molecule has 0 aliphatic rings. The van der Waals surface area contributed by atoms with E-state index in [-0.39, 0.29) is 10.6 Å². The highest BCUT2D eigenvalue weighted by molar-refractivity contribution is 6.34. The largest absolute Gasteiger partial charge is 0.340 e. The first-order valence-electron chi connectivity index (χ1n) is 10.2. The molecule has 0 saturated carbocycles. The number of nitrogens with one attached hydrogen (secondary N) is 3. The molecule has 0 saturated heterocycles. The van der Waals surface area contributed by atoms with E-state index in [4.69, 9.17) is 11.6 Å². The lowest BCUT2D eigenvalue weighted by Crippen LogP contribution is -2.12. The second-order valence-electron chi connectivity index (χ2n) is 7.46. The number of anilines is 5. The number of hydrogen-bond donors (Lipinski definition) is 3. The van der Waals surface area contributed by atoms with E-state index in [1.807, 2.05) is 56.3 Å². The Morgan fingerprint density at radius 1 is 0.788 bits per heavy atom. The van der Waals surface area contributed by atoms with Gasteiger partial charge in [0.05, 0.1) is 10.6 Å². The van der Waals surface area contributed by atoms with Gasteiger partial charge in [0.25, 0.3) is 5.91 Å². The molecule has 0 aliphatic heterocycles. The van der Waals surface area contributed by atoms with Crippen LogP contribution in [0.5, 0.6) is 0 Å². The van der Waals surface area contributed by atoms with Crippen molar-refractivity contribution in [3.05, 3.63) is 101 Å². The highest BCUT2D eigenvalue weighted by Crippen LogP contribution is 2.23. The van der Waals surface area contributed by atoms with Crippen LogP contribution in [-0.2, 0) is 0 Å². The zero-order valence-corrected chi connectivity index (χ0v) is 18.7. The normalized spacial score (nSPS) is 10.5. The van der Waals surface area contributed by atoms with Gasteiger partial charge < -0.3 is 16.0 Å². The van der Waals surface area contributed by atoms with Gasteiger partial charge in [-0.05, 0) is 68.4 Å². The number of amides is 1. The van der Waals surface area contributed by atoms with Crippen molar-refractivity contribution in [2.24, 2.45) is 0 Å². The molecule has 0 radical (unpaired) electrons. The Morgan fingerprint density at radius 3 is 1.91 bits per heavy atom. The third-order valence-electron chi connectivity index (χ3n) is 4.75. The van der Waals surface area contributed by atoms with Crippen LogP contribution in [-0.4, -0.2) is 15.9 Å². The molecule has 0 bridgehead atoms. The molecule has 0 unspecified atom stereocenters. The molecule has 1 heterocycles. The van der Waals surface area contributed by atoms with Crippen LogP contribution in [0.2, 0.25) is 5.02 Å². The van der Waals surface area contributed by atoms with Crippen LogP contribution in [0.4, 0.5) is 33.1 Å². The average Bonchev–Trinajstić information content (AvgIpc) is 2.76. The summed E-state index contributed by atoms with van der Waals surface area (Å²) in [5.74, 6) is 1.01. The number of carbonyl (C=O) groups excluding carboxylic acids is 1. The van der Waals surface area contributed by atoms with Gasteiger partial charge in [0.2, 0.25) is 0 Å². The fourth-order valence-electron chi connectivity index (χ4n) is 3.14. The number of hydrogen-bond acceptors (Lipinski definition) is 5. The van der Waals surface area contributed by atoms with E-state index in [0.29, 0.717) is 23.1 Å². The fraction of sp³-hybridized carbons (Fsp3) is 0.0800. The van der Waals surface area contributed by atoms with Gasteiger partial charge in [0, 0.05) is 23.1 Å². The molecule has 0 spiro atoms. The molecule has 0 atom stereocenters. The standard InChI is InChI=1S/C25H21ClFN5O/c1-15-3-6-18(7-4-15)30-23-14-24(29-16(2)28-23)31-19-8-10-20(11-9-19)32-25(33)21-12-5-17(27)13-22(21)26/h3-14H,1-2H3,(H,32,33)(H2,28,29,30,31). The predicted molar refractivity (Wildman–Crippen MR) is 130 cm³/mol. The smallest absolute Gasteiger partial charge is 0.257 e. The van der Waals surface area contributed by atoms with Crippen molar-refractivity contribution in [1.29, 1.82) is 0 Å². The number of carbonyl (C=O) groups is 1. The van der Waals surface area contributed by atoms with Crippen LogP contribution in [0.25, 0.3) is 0 Å². The maximum absolute atomic E-state index is 13.2. The van der Waals surface area contributed by atoms with Crippen molar-refractivity contribution >= 4 is 46.2 Å². The fourth-order valence-corrected chi connectivity index (χ4v) is 3.39. The number of nitrogens with zero attached hydrogens (tertiary/aromatic N) is 2. The first-order chi connectivity index (χ1) is 15.9. The van der Waals surface area contributed by atoms with Crippen molar-refractivity contribution in [2.45, 2.75) is 13.8 Å². The van der Waals surface area contributed by atoms with E-state index in [2.05, 4.69) is 25.9 Å². The second-order valence-corrected chi connectivity index (χ2v) is 7.86. The molecule has 3 aromatic carbocycles. The lowest BCUT2D eigenvalue weighted by Gasteiger charge is -2.11. The molecule has 6 nitrogen and oxygen atoms in total. The van der Waals surface area contributed by atoms with Crippen molar-refractivity contribution in [1.82, 2.24) is 9.97 Å². The Morgan fingerprint density at radius 2 is 1.33 bits per heavy atom. The number of benzene rings is 3. The van der Waals surface area contributed by atoms with Gasteiger partial charge in [0.15, 0.2) is 0 Å². The summed E-state index contributed by atoms with van der Waals surface area (Å²) in [6.45, 7) is 3.86. The van der Waals surface area contributed by atoms with Gasteiger partial charge in [-0.25, -0.2) is 14.4 Å². The van der Waals surface area contributed by atoms with Crippen LogP contribution in [0, 0.1) is 19.7 Å². The number of rotatable bonds is 6. The average molecular weight is 462 g/mol. The van der Waals surface area contributed by atoms with E-state index in [1.165, 1.54) is 17.7 Å². The first kappa shape index (κ1) is 22.2. The maximum Gasteiger partial charge on any atom is 0.257 e. The Balaban J connectivity index is 1.43. The quantitative estimate of drug-likeness (QED) is 0.300. The lowest BCUT2D eigenvalue weighted by atomic mass is 10.2. The second kappa shape index (κ2) is 9.67. The Hall–Kier alpha value is -3.97. The van der Waals surface area contributed by atoms with Crippen LogP contribution < -0.4 is 16.0 Å². The van der Waals surface area contributed by atoms with E-state index in [0.717, 1.165) is 17.4 Å². The van der Waals surface area contributed by atoms with Crippen LogP contribution in [0.1, 0.15) is 21.7 Å². The summed E-state index contributed by atoms with van der Waals surface area (Å²) in [7, 11) is 0. The summed E-state index contributed by atoms with van der Waals surface area (Å²) >= 11 is 5.96. The Labute approximate surface area is 195 Å². The molecule has 4 aromatic rings.